The summed E-state index contributed by atoms with van der Waals surface area (Å²) in [6.45, 7) is 0.477. The normalized spacial score (nSPS) is 15.4. The van der Waals surface area contributed by atoms with Crippen LogP contribution in [0.4, 0.5) is 18.0 Å². The molecule has 0 saturated carbocycles. The maximum Gasteiger partial charge on any atom is 0.416 e. The number of alkyl halides is 3. The molecule has 1 atom stereocenters. The molecule has 0 aliphatic carbocycles. The number of methoxy groups -OCH3 is 1. The highest BCUT2D eigenvalue weighted by molar-refractivity contribution is 6.36. The Morgan fingerprint density at radius 1 is 1.24 bits per heavy atom. The van der Waals surface area contributed by atoms with Gasteiger partial charge in [0.05, 0.1) is 29.3 Å². The van der Waals surface area contributed by atoms with E-state index in [4.69, 9.17) is 21.4 Å². The number of hydrogen-bond donors (Lipinski definition) is 2. The molecule has 4 rings (SSSR count). The van der Waals surface area contributed by atoms with Gasteiger partial charge in [0.2, 0.25) is 5.88 Å². The lowest BCUT2D eigenvalue weighted by molar-refractivity contribution is -0.137. The Labute approximate surface area is 192 Å². The second kappa shape index (κ2) is 8.72. The molecular weight excluding hydrogens is 461 g/mol. The van der Waals surface area contributed by atoms with Gasteiger partial charge in [-0.1, -0.05) is 29.8 Å². The highest BCUT2D eigenvalue weighted by Gasteiger charge is 2.36. The molecule has 1 fully saturated rings. The average molecular weight is 481 g/mol. The Bertz CT molecular complexity index is 1200. The first-order chi connectivity index (χ1) is 15.6. The quantitative estimate of drug-likeness (QED) is 0.527. The Balaban J connectivity index is 1.65. The Morgan fingerprint density at radius 3 is 2.48 bits per heavy atom. The van der Waals surface area contributed by atoms with E-state index in [9.17, 15) is 23.1 Å². The number of halogens is 4. The van der Waals surface area contributed by atoms with E-state index in [1.165, 1.54) is 24.1 Å². The molecule has 1 aliphatic heterocycles. The maximum absolute atomic E-state index is 12.9. The van der Waals surface area contributed by atoms with E-state index in [2.05, 4.69) is 4.98 Å². The van der Waals surface area contributed by atoms with E-state index in [1.807, 2.05) is 0 Å². The third-order valence-electron chi connectivity index (χ3n) is 5.83. The summed E-state index contributed by atoms with van der Waals surface area (Å²) in [6.07, 6.45) is -6.12. The van der Waals surface area contributed by atoms with Crippen molar-refractivity contribution in [3.63, 3.8) is 0 Å². The largest absolute Gasteiger partial charge is 0.481 e. The van der Waals surface area contributed by atoms with Crippen LogP contribution in [0.2, 0.25) is 5.02 Å². The second-order valence-corrected chi connectivity index (χ2v) is 8.33. The Morgan fingerprint density at radius 2 is 1.91 bits per heavy atom. The highest BCUT2D eigenvalue weighted by Crippen LogP contribution is 2.37. The number of aliphatic hydroxyl groups excluding tert-OH is 1. The van der Waals surface area contributed by atoms with Gasteiger partial charge in [0.25, 0.3) is 0 Å². The summed E-state index contributed by atoms with van der Waals surface area (Å²) in [5.41, 5.74) is 1.48. The van der Waals surface area contributed by atoms with Crippen molar-refractivity contribution in [1.29, 1.82) is 0 Å². The van der Waals surface area contributed by atoms with Gasteiger partial charge in [0, 0.05) is 36.4 Å². The van der Waals surface area contributed by atoms with Crippen molar-refractivity contribution in [3.8, 4) is 5.88 Å². The molecular formula is C23H20ClF3N2O4. The fourth-order valence-corrected chi connectivity index (χ4v) is 4.22. The monoisotopic (exact) mass is 480 g/mol. The van der Waals surface area contributed by atoms with E-state index in [1.54, 1.807) is 18.2 Å². The fraction of sp³-hybridized carbons (Fsp3) is 0.304. The minimum absolute atomic E-state index is 0.200. The van der Waals surface area contributed by atoms with Crippen LogP contribution in [0, 0.1) is 5.92 Å². The molecule has 2 N–H and O–H groups in total. The van der Waals surface area contributed by atoms with Crippen LogP contribution in [-0.2, 0) is 12.6 Å². The summed E-state index contributed by atoms with van der Waals surface area (Å²) >= 11 is 6.68. The molecule has 6 nitrogen and oxygen atoms in total. The SMILES string of the molecule is COc1nc2ccc(C(O)C3CN(C(=O)O)C3)cc2c(Cl)c1Cc1ccc(C(F)(F)F)cc1. The van der Waals surface area contributed by atoms with Crippen LogP contribution in [0.3, 0.4) is 0 Å². The molecule has 1 aliphatic rings. The third kappa shape index (κ3) is 4.56. The number of likely N-dealkylation sites (tertiary alicyclic amines) is 1. The van der Waals surface area contributed by atoms with Crippen LogP contribution in [0.15, 0.2) is 42.5 Å². The summed E-state index contributed by atoms with van der Waals surface area (Å²) in [5, 5.41) is 20.6. The van der Waals surface area contributed by atoms with Gasteiger partial charge >= 0.3 is 12.3 Å². The van der Waals surface area contributed by atoms with Crippen molar-refractivity contribution >= 4 is 28.6 Å². The number of fused-ring (bicyclic) bond motifs is 1. The number of ether oxygens (including phenoxy) is 1. The molecule has 10 heteroatoms. The number of aliphatic hydroxyl groups is 1. The highest BCUT2D eigenvalue weighted by atomic mass is 35.5. The fourth-order valence-electron chi connectivity index (χ4n) is 3.92. The number of pyridine rings is 1. The molecule has 0 radical (unpaired) electrons. The number of carbonyl (C=O) groups is 1. The van der Waals surface area contributed by atoms with Gasteiger partial charge < -0.3 is 19.8 Å². The number of amides is 1. The van der Waals surface area contributed by atoms with E-state index in [0.717, 1.165) is 12.1 Å². The summed E-state index contributed by atoms with van der Waals surface area (Å²) in [7, 11) is 1.43. The summed E-state index contributed by atoms with van der Waals surface area (Å²) in [6, 6.07) is 9.89. The standard InChI is InChI=1S/C23H20ClF3N2O4/c1-33-21-17(8-12-2-5-15(6-3-12)23(25,26)27)19(24)16-9-13(4-7-18(16)28-21)20(30)14-10-29(11-14)22(31)32/h2-7,9,14,20,30H,8,10-11H2,1H3,(H,31,32). The zero-order valence-corrected chi connectivity index (χ0v) is 18.2. The lowest BCUT2D eigenvalue weighted by Crippen LogP contribution is -2.51. The summed E-state index contributed by atoms with van der Waals surface area (Å²) in [5.74, 6) is 0.0342. The molecule has 3 aromatic rings. The predicted octanol–water partition coefficient (Wildman–Crippen LogP) is 5.15. The number of carboxylic acid groups (broad SMARTS) is 1. The number of benzene rings is 2. The number of hydrogen-bond acceptors (Lipinski definition) is 4. The lowest BCUT2D eigenvalue weighted by atomic mass is 9.89. The van der Waals surface area contributed by atoms with Crippen LogP contribution >= 0.6 is 11.6 Å². The molecule has 1 unspecified atom stereocenters. The molecule has 2 heterocycles. The average Bonchev–Trinajstić information content (AvgIpc) is 2.73. The van der Waals surface area contributed by atoms with Crippen molar-refractivity contribution in [2.45, 2.75) is 18.7 Å². The van der Waals surface area contributed by atoms with Crippen molar-refractivity contribution in [1.82, 2.24) is 9.88 Å². The lowest BCUT2D eigenvalue weighted by Gasteiger charge is -2.39. The zero-order chi connectivity index (χ0) is 23.9. The van der Waals surface area contributed by atoms with Crippen molar-refractivity contribution < 1.29 is 32.9 Å². The van der Waals surface area contributed by atoms with Crippen LogP contribution in [0.25, 0.3) is 10.9 Å². The minimum atomic E-state index is -4.42. The molecule has 0 spiro atoms. The van der Waals surface area contributed by atoms with Gasteiger partial charge in [0.15, 0.2) is 0 Å². The van der Waals surface area contributed by atoms with Crippen molar-refractivity contribution in [2.75, 3.05) is 20.2 Å². The molecule has 174 valence electrons. The maximum atomic E-state index is 12.9. The first kappa shape index (κ1) is 23.1. The van der Waals surface area contributed by atoms with E-state index in [0.29, 0.717) is 32.6 Å². The zero-order valence-electron chi connectivity index (χ0n) is 17.4. The van der Waals surface area contributed by atoms with E-state index >= 15 is 0 Å². The third-order valence-corrected chi connectivity index (χ3v) is 6.26. The molecule has 1 amide bonds. The van der Waals surface area contributed by atoms with Gasteiger partial charge in [-0.2, -0.15) is 13.2 Å². The Hall–Kier alpha value is -3.04. The summed E-state index contributed by atoms with van der Waals surface area (Å²) in [4.78, 5) is 16.7. The van der Waals surface area contributed by atoms with Gasteiger partial charge in [-0.25, -0.2) is 9.78 Å². The van der Waals surface area contributed by atoms with Crippen molar-refractivity contribution in [3.05, 3.63) is 69.7 Å². The van der Waals surface area contributed by atoms with Gasteiger partial charge in [-0.3, -0.25) is 0 Å². The number of nitrogens with zero attached hydrogens (tertiary/aromatic N) is 2. The van der Waals surface area contributed by atoms with Gasteiger partial charge in [-0.05, 0) is 35.4 Å². The number of aromatic nitrogens is 1. The molecule has 1 saturated heterocycles. The first-order valence-corrected chi connectivity index (χ1v) is 10.4. The van der Waals surface area contributed by atoms with Crippen LogP contribution < -0.4 is 4.74 Å². The van der Waals surface area contributed by atoms with Crippen LogP contribution in [0.5, 0.6) is 5.88 Å². The second-order valence-electron chi connectivity index (χ2n) is 7.95. The number of rotatable bonds is 5. The smallest absolute Gasteiger partial charge is 0.416 e. The topological polar surface area (TPSA) is 82.9 Å². The molecule has 2 aromatic carbocycles. The van der Waals surface area contributed by atoms with Crippen molar-refractivity contribution in [2.24, 2.45) is 5.92 Å². The minimum Gasteiger partial charge on any atom is -0.481 e. The molecule has 33 heavy (non-hydrogen) atoms. The Kier molecular flexibility index (Phi) is 6.11. The molecule has 0 bridgehead atoms. The molecule has 1 aromatic heterocycles. The van der Waals surface area contributed by atoms with Crippen LogP contribution in [-0.4, -0.2) is 46.4 Å². The van der Waals surface area contributed by atoms with E-state index in [-0.39, 0.29) is 31.3 Å². The van der Waals surface area contributed by atoms with E-state index < -0.39 is 23.9 Å². The van der Waals surface area contributed by atoms with Gasteiger partial charge in [-0.15, -0.1) is 0 Å². The van der Waals surface area contributed by atoms with Crippen LogP contribution in [0.1, 0.15) is 28.4 Å². The summed E-state index contributed by atoms with van der Waals surface area (Å²) < 4.78 is 43.9. The predicted molar refractivity (Wildman–Crippen MR) is 116 cm³/mol. The first-order valence-electron chi connectivity index (χ1n) is 10.1. The van der Waals surface area contributed by atoms with Gasteiger partial charge in [0.1, 0.15) is 0 Å².